The molecule has 0 radical (unpaired) electrons. The van der Waals surface area contributed by atoms with Gasteiger partial charge in [-0.25, -0.2) is 0 Å². The molecule has 1 aliphatic heterocycles. The first-order valence-corrected chi connectivity index (χ1v) is 8.47. The Hall–Kier alpha value is -1.06. The van der Waals surface area contributed by atoms with E-state index in [1.807, 2.05) is 13.8 Å². The van der Waals surface area contributed by atoms with Crippen LogP contribution >= 0.6 is 0 Å². The number of hydrogen-bond donors (Lipinski definition) is 1. The molecular weight excluding hydrogens is 266 g/mol. The van der Waals surface area contributed by atoms with Gasteiger partial charge in [-0.05, 0) is 24.7 Å². The van der Waals surface area contributed by atoms with Crippen LogP contribution in [-0.4, -0.2) is 35.0 Å². The number of rotatable bonds is 5. The normalized spacial score (nSPS) is 27.3. The highest BCUT2D eigenvalue weighted by molar-refractivity contribution is 5.80. The number of aliphatic carboxylic acids is 1. The average molecular weight is 295 g/mol. The number of carboxylic acids is 1. The van der Waals surface area contributed by atoms with Gasteiger partial charge in [-0.1, -0.05) is 46.0 Å². The summed E-state index contributed by atoms with van der Waals surface area (Å²) in [7, 11) is 0. The highest BCUT2D eigenvalue weighted by atomic mass is 16.4. The van der Waals surface area contributed by atoms with Crippen LogP contribution in [0.25, 0.3) is 0 Å². The number of hydrogen-bond acceptors (Lipinski definition) is 2. The Kier molecular flexibility index (Phi) is 5.28. The van der Waals surface area contributed by atoms with Crippen LogP contribution in [0.2, 0.25) is 0 Å². The predicted molar refractivity (Wildman–Crippen MR) is 81.9 cm³/mol. The smallest absolute Gasteiger partial charge is 0.311 e. The highest BCUT2D eigenvalue weighted by Crippen LogP contribution is 2.38. The van der Waals surface area contributed by atoms with Gasteiger partial charge in [0.05, 0.1) is 5.41 Å². The Balaban J connectivity index is 1.85. The van der Waals surface area contributed by atoms with E-state index in [1.165, 1.54) is 32.1 Å². The molecular formula is C17H29NO3. The van der Waals surface area contributed by atoms with E-state index in [4.69, 9.17) is 0 Å². The molecule has 2 aliphatic rings. The van der Waals surface area contributed by atoms with Crippen molar-refractivity contribution in [2.24, 2.45) is 17.3 Å². The molecule has 120 valence electrons. The summed E-state index contributed by atoms with van der Waals surface area (Å²) in [4.78, 5) is 25.7. The van der Waals surface area contributed by atoms with Gasteiger partial charge < -0.3 is 10.0 Å². The van der Waals surface area contributed by atoms with Crippen molar-refractivity contribution in [2.45, 2.75) is 65.2 Å². The second-order valence-electron chi connectivity index (χ2n) is 7.22. The highest BCUT2D eigenvalue weighted by Gasteiger charge is 2.48. The van der Waals surface area contributed by atoms with Crippen LogP contribution in [0.4, 0.5) is 0 Å². The maximum atomic E-state index is 12.4. The van der Waals surface area contributed by atoms with Crippen LogP contribution in [0.5, 0.6) is 0 Å². The van der Waals surface area contributed by atoms with Gasteiger partial charge >= 0.3 is 5.97 Å². The molecule has 4 heteroatoms. The van der Waals surface area contributed by atoms with Crippen molar-refractivity contribution in [1.82, 2.24) is 4.90 Å². The molecule has 0 bridgehead atoms. The summed E-state index contributed by atoms with van der Waals surface area (Å²) in [5.41, 5.74) is -0.736. The van der Waals surface area contributed by atoms with Crippen LogP contribution in [0, 0.1) is 17.3 Å². The quantitative estimate of drug-likeness (QED) is 0.846. The minimum atomic E-state index is -0.750. The van der Waals surface area contributed by atoms with Crippen LogP contribution in [0.15, 0.2) is 0 Å². The molecule has 2 fully saturated rings. The fourth-order valence-corrected chi connectivity index (χ4v) is 3.90. The molecule has 0 aromatic carbocycles. The molecule has 0 spiro atoms. The molecule has 1 atom stereocenters. The second-order valence-corrected chi connectivity index (χ2v) is 7.22. The molecule has 1 amide bonds. The maximum Gasteiger partial charge on any atom is 0.311 e. The topological polar surface area (TPSA) is 57.6 Å². The van der Waals surface area contributed by atoms with Crippen molar-refractivity contribution in [3.05, 3.63) is 0 Å². The van der Waals surface area contributed by atoms with Crippen LogP contribution in [0.3, 0.4) is 0 Å². The van der Waals surface area contributed by atoms with Crippen molar-refractivity contribution < 1.29 is 14.7 Å². The summed E-state index contributed by atoms with van der Waals surface area (Å²) < 4.78 is 0. The Bertz CT molecular complexity index is 387. The summed E-state index contributed by atoms with van der Waals surface area (Å²) in [5.74, 6) is 0.176. The predicted octanol–water partition coefficient (Wildman–Crippen LogP) is 3.31. The molecule has 1 saturated heterocycles. The van der Waals surface area contributed by atoms with Gasteiger partial charge in [-0.15, -0.1) is 0 Å². The fraction of sp³-hybridized carbons (Fsp3) is 0.882. The number of carboxylic acid groups (broad SMARTS) is 1. The molecule has 2 rings (SSSR count). The lowest BCUT2D eigenvalue weighted by Gasteiger charge is -2.29. The third-order valence-corrected chi connectivity index (χ3v) is 5.68. The van der Waals surface area contributed by atoms with Crippen molar-refractivity contribution in [3.63, 3.8) is 0 Å². The average Bonchev–Trinajstić information content (AvgIpc) is 2.92. The van der Waals surface area contributed by atoms with Gasteiger partial charge in [0, 0.05) is 19.5 Å². The zero-order chi connectivity index (χ0) is 15.5. The fourth-order valence-electron chi connectivity index (χ4n) is 3.90. The largest absolute Gasteiger partial charge is 0.481 e. The molecule has 1 aliphatic carbocycles. The molecule has 0 aromatic heterocycles. The van der Waals surface area contributed by atoms with E-state index in [0.29, 0.717) is 31.8 Å². The number of amides is 1. The third kappa shape index (κ3) is 3.58. The van der Waals surface area contributed by atoms with Gasteiger partial charge in [-0.3, -0.25) is 9.59 Å². The molecule has 21 heavy (non-hydrogen) atoms. The van der Waals surface area contributed by atoms with E-state index in [9.17, 15) is 14.7 Å². The molecule has 1 heterocycles. The Morgan fingerprint density at radius 2 is 1.90 bits per heavy atom. The van der Waals surface area contributed by atoms with E-state index in [-0.39, 0.29) is 11.8 Å². The van der Waals surface area contributed by atoms with Crippen molar-refractivity contribution in [2.75, 3.05) is 13.1 Å². The van der Waals surface area contributed by atoms with Gasteiger partial charge in [-0.2, -0.15) is 0 Å². The lowest BCUT2D eigenvalue weighted by atomic mass is 9.76. The van der Waals surface area contributed by atoms with Crippen LogP contribution < -0.4 is 0 Å². The first kappa shape index (κ1) is 16.3. The summed E-state index contributed by atoms with van der Waals surface area (Å²) in [5, 5.41) is 9.53. The standard InChI is InChI=1S/C17H29NO3/c1-13(2)17(16(20)21)10-11-18(12-17)15(19)9-8-14-6-4-3-5-7-14/h13-14H,3-12H2,1-2H3,(H,20,21). The summed E-state index contributed by atoms with van der Waals surface area (Å²) in [6, 6.07) is 0. The van der Waals surface area contributed by atoms with Gasteiger partial charge in [0.25, 0.3) is 0 Å². The van der Waals surface area contributed by atoms with E-state index < -0.39 is 11.4 Å². The maximum absolute atomic E-state index is 12.4. The van der Waals surface area contributed by atoms with E-state index in [1.54, 1.807) is 4.90 Å². The SMILES string of the molecule is CC(C)C1(C(=O)O)CCN(C(=O)CCC2CCCCC2)C1. The lowest BCUT2D eigenvalue weighted by Crippen LogP contribution is -2.40. The first-order valence-electron chi connectivity index (χ1n) is 8.47. The zero-order valence-electron chi connectivity index (χ0n) is 13.4. The van der Waals surface area contributed by atoms with E-state index in [0.717, 1.165) is 6.42 Å². The number of carbonyl (C=O) groups excluding carboxylic acids is 1. The lowest BCUT2D eigenvalue weighted by molar-refractivity contribution is -0.151. The third-order valence-electron chi connectivity index (χ3n) is 5.68. The Labute approximate surface area is 127 Å². The molecule has 0 aromatic rings. The molecule has 1 saturated carbocycles. The Morgan fingerprint density at radius 1 is 1.24 bits per heavy atom. The van der Waals surface area contributed by atoms with E-state index in [2.05, 4.69) is 0 Å². The molecule has 4 nitrogen and oxygen atoms in total. The minimum Gasteiger partial charge on any atom is -0.481 e. The first-order chi connectivity index (χ1) is 9.95. The van der Waals surface area contributed by atoms with Crippen molar-refractivity contribution in [1.29, 1.82) is 0 Å². The van der Waals surface area contributed by atoms with Crippen molar-refractivity contribution in [3.8, 4) is 0 Å². The molecule has 1 unspecified atom stereocenters. The number of nitrogens with zero attached hydrogens (tertiary/aromatic N) is 1. The van der Waals surface area contributed by atoms with Crippen LogP contribution in [-0.2, 0) is 9.59 Å². The Morgan fingerprint density at radius 3 is 2.43 bits per heavy atom. The van der Waals surface area contributed by atoms with Crippen molar-refractivity contribution >= 4 is 11.9 Å². The van der Waals surface area contributed by atoms with Gasteiger partial charge in [0.1, 0.15) is 0 Å². The zero-order valence-corrected chi connectivity index (χ0v) is 13.4. The number of carbonyl (C=O) groups is 2. The van der Waals surface area contributed by atoms with Crippen LogP contribution in [0.1, 0.15) is 65.2 Å². The van der Waals surface area contributed by atoms with E-state index >= 15 is 0 Å². The molecule has 1 N–H and O–H groups in total. The number of likely N-dealkylation sites (tertiary alicyclic amines) is 1. The monoisotopic (exact) mass is 295 g/mol. The van der Waals surface area contributed by atoms with Gasteiger partial charge in [0.15, 0.2) is 0 Å². The summed E-state index contributed by atoms with van der Waals surface area (Å²) >= 11 is 0. The minimum absolute atomic E-state index is 0.0612. The summed E-state index contributed by atoms with van der Waals surface area (Å²) in [6.45, 7) is 4.89. The second kappa shape index (κ2) is 6.80. The summed E-state index contributed by atoms with van der Waals surface area (Å²) in [6.07, 6.45) is 8.64. The van der Waals surface area contributed by atoms with Gasteiger partial charge in [0.2, 0.25) is 5.91 Å².